The zero-order valence-corrected chi connectivity index (χ0v) is 11.6. The summed E-state index contributed by atoms with van der Waals surface area (Å²) in [7, 11) is 0. The van der Waals surface area contributed by atoms with Gasteiger partial charge in [0.2, 0.25) is 0 Å². The fourth-order valence-corrected chi connectivity index (χ4v) is 2.47. The summed E-state index contributed by atoms with van der Waals surface area (Å²) in [6.07, 6.45) is 1.59. The van der Waals surface area contributed by atoms with Crippen molar-refractivity contribution in [1.82, 2.24) is 5.32 Å². The molecule has 2 aromatic carbocycles. The van der Waals surface area contributed by atoms with Crippen molar-refractivity contribution in [2.24, 2.45) is 0 Å². The molecule has 20 heavy (non-hydrogen) atoms. The highest BCUT2D eigenvalue weighted by Crippen LogP contribution is 2.28. The monoisotopic (exact) mass is 265 g/mol. The standard InChI is InChI=1S/C18H19NO/c1-3-19-18(14(2)20)17(15-10-6-4-7-11-15)16-12-8-5-9-13-16/h3-13,17-19H,1H2,2H3. The predicted molar refractivity (Wildman–Crippen MR) is 82.5 cm³/mol. The molecule has 2 aromatic rings. The van der Waals surface area contributed by atoms with Gasteiger partial charge in [0.05, 0.1) is 6.04 Å². The van der Waals surface area contributed by atoms with Crippen molar-refractivity contribution in [3.05, 3.63) is 84.6 Å². The number of nitrogens with one attached hydrogen (secondary N) is 1. The molecule has 2 heteroatoms. The van der Waals surface area contributed by atoms with E-state index in [-0.39, 0.29) is 17.7 Å². The zero-order valence-electron chi connectivity index (χ0n) is 11.6. The minimum Gasteiger partial charge on any atom is -0.381 e. The Kier molecular flexibility index (Phi) is 4.72. The Hall–Kier alpha value is -2.35. The van der Waals surface area contributed by atoms with Gasteiger partial charge < -0.3 is 5.32 Å². The molecule has 0 aliphatic rings. The summed E-state index contributed by atoms with van der Waals surface area (Å²) >= 11 is 0. The van der Waals surface area contributed by atoms with Gasteiger partial charge in [-0.25, -0.2) is 0 Å². The molecule has 0 saturated carbocycles. The van der Waals surface area contributed by atoms with Gasteiger partial charge in [-0.15, -0.1) is 0 Å². The third kappa shape index (κ3) is 3.15. The second kappa shape index (κ2) is 6.71. The Morgan fingerprint density at radius 1 is 1.00 bits per heavy atom. The largest absolute Gasteiger partial charge is 0.381 e. The predicted octanol–water partition coefficient (Wildman–Crippen LogP) is 3.51. The average Bonchev–Trinajstić information content (AvgIpc) is 2.49. The number of rotatable bonds is 6. The van der Waals surface area contributed by atoms with Crippen molar-refractivity contribution in [2.75, 3.05) is 0 Å². The van der Waals surface area contributed by atoms with Crippen LogP contribution < -0.4 is 5.32 Å². The Morgan fingerprint density at radius 3 is 1.80 bits per heavy atom. The molecule has 0 bridgehead atoms. The van der Waals surface area contributed by atoms with Crippen molar-refractivity contribution in [1.29, 1.82) is 0 Å². The molecule has 2 rings (SSSR count). The van der Waals surface area contributed by atoms with Crippen LogP contribution in [-0.2, 0) is 4.79 Å². The van der Waals surface area contributed by atoms with E-state index in [1.165, 1.54) is 0 Å². The molecule has 0 heterocycles. The van der Waals surface area contributed by atoms with Crippen molar-refractivity contribution < 1.29 is 4.79 Å². The van der Waals surface area contributed by atoms with Crippen LogP contribution in [0.1, 0.15) is 24.0 Å². The highest BCUT2D eigenvalue weighted by atomic mass is 16.1. The number of hydrogen-bond donors (Lipinski definition) is 1. The molecular weight excluding hydrogens is 246 g/mol. The van der Waals surface area contributed by atoms with E-state index in [0.29, 0.717) is 0 Å². The van der Waals surface area contributed by atoms with Crippen LogP contribution in [0, 0.1) is 0 Å². The second-order valence-electron chi connectivity index (χ2n) is 4.76. The van der Waals surface area contributed by atoms with Gasteiger partial charge in [-0.1, -0.05) is 67.2 Å². The summed E-state index contributed by atoms with van der Waals surface area (Å²) in [6.45, 7) is 5.30. The smallest absolute Gasteiger partial charge is 0.152 e. The number of Topliss-reactive ketones (excluding diaryl/α,β-unsaturated/α-hetero) is 1. The first-order valence-electron chi connectivity index (χ1n) is 6.71. The minimum absolute atomic E-state index is 0.0205. The van der Waals surface area contributed by atoms with Gasteiger partial charge >= 0.3 is 0 Å². The van der Waals surface area contributed by atoms with Crippen molar-refractivity contribution in [3.8, 4) is 0 Å². The first-order chi connectivity index (χ1) is 9.74. The average molecular weight is 265 g/mol. The number of ketones is 1. The van der Waals surface area contributed by atoms with Crippen LogP contribution in [0.15, 0.2) is 73.4 Å². The van der Waals surface area contributed by atoms with E-state index in [1.54, 1.807) is 13.1 Å². The van der Waals surface area contributed by atoms with E-state index in [9.17, 15) is 4.79 Å². The molecule has 0 amide bonds. The molecule has 2 nitrogen and oxygen atoms in total. The van der Waals surface area contributed by atoms with E-state index < -0.39 is 0 Å². The van der Waals surface area contributed by atoms with E-state index in [1.807, 2.05) is 36.4 Å². The first kappa shape index (κ1) is 14.1. The normalized spacial score (nSPS) is 11.9. The SMILES string of the molecule is C=CNC(C(C)=O)C(c1ccccc1)c1ccccc1. The summed E-state index contributed by atoms with van der Waals surface area (Å²) in [5, 5.41) is 3.09. The lowest BCUT2D eigenvalue weighted by molar-refractivity contribution is -0.119. The van der Waals surface area contributed by atoms with Gasteiger partial charge in [-0.3, -0.25) is 4.79 Å². The molecular formula is C18H19NO. The van der Waals surface area contributed by atoms with E-state index >= 15 is 0 Å². The third-order valence-electron chi connectivity index (χ3n) is 3.39. The molecule has 0 fully saturated rings. The third-order valence-corrected chi connectivity index (χ3v) is 3.39. The fourth-order valence-electron chi connectivity index (χ4n) is 2.47. The lowest BCUT2D eigenvalue weighted by atomic mass is 9.83. The van der Waals surface area contributed by atoms with Crippen LogP contribution in [-0.4, -0.2) is 11.8 Å². The van der Waals surface area contributed by atoms with Crippen LogP contribution in [0.5, 0.6) is 0 Å². The number of benzene rings is 2. The van der Waals surface area contributed by atoms with Crippen LogP contribution in [0.25, 0.3) is 0 Å². The summed E-state index contributed by atoms with van der Waals surface area (Å²) in [6, 6.07) is 19.9. The van der Waals surface area contributed by atoms with E-state index in [4.69, 9.17) is 0 Å². The van der Waals surface area contributed by atoms with Gasteiger partial charge in [0.1, 0.15) is 0 Å². The van der Waals surface area contributed by atoms with Gasteiger partial charge in [0, 0.05) is 5.92 Å². The second-order valence-corrected chi connectivity index (χ2v) is 4.76. The summed E-state index contributed by atoms with van der Waals surface area (Å²) in [4.78, 5) is 12.0. The maximum Gasteiger partial charge on any atom is 0.152 e. The molecule has 1 N–H and O–H groups in total. The molecule has 0 spiro atoms. The number of carbonyl (C=O) groups is 1. The Balaban J connectivity index is 2.49. The molecule has 0 aliphatic heterocycles. The lowest BCUT2D eigenvalue weighted by Gasteiger charge is -2.26. The lowest BCUT2D eigenvalue weighted by Crippen LogP contribution is -2.38. The van der Waals surface area contributed by atoms with Gasteiger partial charge in [-0.2, -0.15) is 0 Å². The maximum atomic E-state index is 12.0. The van der Waals surface area contributed by atoms with Gasteiger partial charge in [0.15, 0.2) is 5.78 Å². The molecule has 1 unspecified atom stereocenters. The fraction of sp³-hybridized carbons (Fsp3) is 0.167. The topological polar surface area (TPSA) is 29.1 Å². The molecule has 1 atom stereocenters. The number of hydrogen-bond acceptors (Lipinski definition) is 2. The molecule has 0 radical (unpaired) electrons. The highest BCUT2D eigenvalue weighted by molar-refractivity contribution is 5.83. The van der Waals surface area contributed by atoms with Gasteiger partial charge in [-0.05, 0) is 24.3 Å². The Bertz CT molecular complexity index is 523. The molecule has 102 valence electrons. The highest BCUT2D eigenvalue weighted by Gasteiger charge is 2.27. The minimum atomic E-state index is -0.308. The number of carbonyl (C=O) groups excluding carboxylic acids is 1. The van der Waals surface area contributed by atoms with Crippen LogP contribution in [0.3, 0.4) is 0 Å². The van der Waals surface area contributed by atoms with Crippen molar-refractivity contribution >= 4 is 5.78 Å². The summed E-state index contributed by atoms with van der Waals surface area (Å²) in [5.41, 5.74) is 2.24. The molecule has 0 saturated heterocycles. The van der Waals surface area contributed by atoms with Crippen LogP contribution >= 0.6 is 0 Å². The van der Waals surface area contributed by atoms with Crippen LogP contribution in [0.4, 0.5) is 0 Å². The van der Waals surface area contributed by atoms with E-state index in [2.05, 4.69) is 36.2 Å². The van der Waals surface area contributed by atoms with Crippen molar-refractivity contribution in [2.45, 2.75) is 18.9 Å². The summed E-state index contributed by atoms with van der Waals surface area (Å²) < 4.78 is 0. The quantitative estimate of drug-likeness (QED) is 0.866. The first-order valence-corrected chi connectivity index (χ1v) is 6.71. The van der Waals surface area contributed by atoms with E-state index in [0.717, 1.165) is 11.1 Å². The zero-order chi connectivity index (χ0) is 14.4. The summed E-state index contributed by atoms with van der Waals surface area (Å²) in [5.74, 6) is 0.0792. The maximum absolute atomic E-state index is 12.0. The van der Waals surface area contributed by atoms with Crippen molar-refractivity contribution in [3.63, 3.8) is 0 Å². The Labute approximate surface area is 120 Å². The van der Waals surface area contributed by atoms with Crippen LogP contribution in [0.2, 0.25) is 0 Å². The molecule has 0 aromatic heterocycles. The Morgan fingerprint density at radius 2 is 1.45 bits per heavy atom. The molecule has 0 aliphatic carbocycles. The van der Waals surface area contributed by atoms with Gasteiger partial charge in [0.25, 0.3) is 0 Å².